The van der Waals surface area contributed by atoms with Crippen LogP contribution in [-0.4, -0.2) is 12.2 Å². The number of nitrogens with zero attached hydrogens (tertiary/aromatic N) is 2. The minimum Gasteiger partial charge on any atom is -0.346 e. The van der Waals surface area contributed by atoms with Crippen LogP contribution in [-0.2, 0) is 0 Å². The molecule has 2 aromatic rings. The maximum Gasteiger partial charge on any atom is 0.104 e. The van der Waals surface area contributed by atoms with Crippen molar-refractivity contribution in [2.75, 3.05) is 9.80 Å². The first kappa shape index (κ1) is 13.7. The number of anilines is 3. The summed E-state index contributed by atoms with van der Waals surface area (Å²) in [5, 5.41) is 0. The molecular weight excluding hydrogens is 268 g/mol. The highest BCUT2D eigenvalue weighted by Gasteiger charge is 2.38. The normalized spacial score (nSPS) is 21.5. The van der Waals surface area contributed by atoms with Gasteiger partial charge in [0, 0.05) is 11.7 Å². The highest BCUT2D eigenvalue weighted by atomic mass is 15.4. The molecule has 0 radical (unpaired) electrons. The Kier molecular flexibility index (Phi) is 3.33. The lowest BCUT2D eigenvalue weighted by Crippen LogP contribution is -2.43. The fraction of sp³-hybridized carbons (Fsp3) is 0.400. The van der Waals surface area contributed by atoms with Crippen LogP contribution >= 0.6 is 0 Å². The van der Waals surface area contributed by atoms with Gasteiger partial charge in [-0.1, -0.05) is 43.2 Å². The van der Waals surface area contributed by atoms with Crippen molar-refractivity contribution in [2.24, 2.45) is 0 Å². The van der Waals surface area contributed by atoms with Gasteiger partial charge < -0.3 is 9.80 Å². The lowest BCUT2D eigenvalue weighted by Gasteiger charge is -2.35. The SMILES string of the molecule is Cc1ccccc1N1c2ccccc2N(C2CCCC2)[C@@H]1C. The van der Waals surface area contributed by atoms with E-state index in [2.05, 4.69) is 72.2 Å². The second-order valence-corrected chi connectivity index (χ2v) is 6.62. The minimum atomic E-state index is 0.390. The molecule has 2 nitrogen and oxygen atoms in total. The smallest absolute Gasteiger partial charge is 0.104 e. The van der Waals surface area contributed by atoms with Gasteiger partial charge in [0.1, 0.15) is 6.17 Å². The predicted molar refractivity (Wildman–Crippen MR) is 94.0 cm³/mol. The largest absolute Gasteiger partial charge is 0.346 e. The van der Waals surface area contributed by atoms with E-state index >= 15 is 0 Å². The van der Waals surface area contributed by atoms with Gasteiger partial charge >= 0.3 is 0 Å². The van der Waals surface area contributed by atoms with Gasteiger partial charge in [0.25, 0.3) is 0 Å². The molecular formula is C20H24N2. The topological polar surface area (TPSA) is 6.48 Å². The average Bonchev–Trinajstić information content (AvgIpc) is 3.13. The maximum atomic E-state index is 2.66. The van der Waals surface area contributed by atoms with E-state index in [1.165, 1.54) is 48.3 Å². The Labute approximate surface area is 133 Å². The third-order valence-corrected chi connectivity index (χ3v) is 5.29. The summed E-state index contributed by atoms with van der Waals surface area (Å²) in [7, 11) is 0. The minimum absolute atomic E-state index is 0.390. The highest BCUT2D eigenvalue weighted by Crippen LogP contribution is 2.47. The van der Waals surface area contributed by atoms with Gasteiger partial charge in [0.15, 0.2) is 0 Å². The van der Waals surface area contributed by atoms with Crippen molar-refractivity contribution in [2.45, 2.75) is 51.7 Å². The summed E-state index contributed by atoms with van der Waals surface area (Å²) in [5.41, 5.74) is 5.45. The highest BCUT2D eigenvalue weighted by molar-refractivity contribution is 5.84. The van der Waals surface area contributed by atoms with E-state index in [4.69, 9.17) is 0 Å². The molecule has 0 unspecified atom stereocenters. The average molecular weight is 292 g/mol. The predicted octanol–water partition coefficient (Wildman–Crippen LogP) is 5.24. The maximum absolute atomic E-state index is 2.66. The van der Waals surface area contributed by atoms with Crippen molar-refractivity contribution in [1.29, 1.82) is 0 Å². The lowest BCUT2D eigenvalue weighted by atomic mass is 10.1. The Morgan fingerprint density at radius 2 is 1.41 bits per heavy atom. The van der Waals surface area contributed by atoms with Gasteiger partial charge in [-0.05, 0) is 50.5 Å². The molecule has 1 fully saturated rings. The second-order valence-electron chi connectivity index (χ2n) is 6.62. The molecule has 4 rings (SSSR count). The molecule has 0 spiro atoms. The number of hydrogen-bond acceptors (Lipinski definition) is 2. The number of hydrogen-bond donors (Lipinski definition) is 0. The Morgan fingerprint density at radius 3 is 2.09 bits per heavy atom. The summed E-state index contributed by atoms with van der Waals surface area (Å²) >= 11 is 0. The Balaban J connectivity index is 1.82. The summed E-state index contributed by atoms with van der Waals surface area (Å²) in [4.78, 5) is 5.18. The lowest BCUT2D eigenvalue weighted by molar-refractivity contribution is 0.554. The van der Waals surface area contributed by atoms with Crippen LogP contribution < -0.4 is 9.80 Å². The van der Waals surface area contributed by atoms with Crippen LogP contribution in [0.1, 0.15) is 38.2 Å². The van der Waals surface area contributed by atoms with Crippen LogP contribution in [0.2, 0.25) is 0 Å². The van der Waals surface area contributed by atoms with E-state index in [1.807, 2.05) is 0 Å². The Morgan fingerprint density at radius 1 is 0.818 bits per heavy atom. The number of para-hydroxylation sites is 3. The molecule has 2 heteroatoms. The monoisotopic (exact) mass is 292 g/mol. The first-order valence-electron chi connectivity index (χ1n) is 8.49. The van der Waals surface area contributed by atoms with E-state index in [1.54, 1.807) is 0 Å². The second kappa shape index (κ2) is 5.35. The van der Waals surface area contributed by atoms with Crippen molar-refractivity contribution >= 4 is 17.1 Å². The van der Waals surface area contributed by atoms with Crippen molar-refractivity contribution < 1.29 is 0 Å². The summed E-state index contributed by atoms with van der Waals surface area (Å²) in [6, 6.07) is 18.3. The molecule has 1 atom stereocenters. The van der Waals surface area contributed by atoms with Gasteiger partial charge in [-0.2, -0.15) is 0 Å². The Hall–Kier alpha value is -1.96. The summed E-state index contributed by atoms with van der Waals surface area (Å²) in [6.45, 7) is 4.56. The van der Waals surface area contributed by atoms with E-state index in [0.29, 0.717) is 12.2 Å². The van der Waals surface area contributed by atoms with E-state index in [0.717, 1.165) is 0 Å². The first-order chi connectivity index (χ1) is 10.8. The summed E-state index contributed by atoms with van der Waals surface area (Å²) < 4.78 is 0. The van der Waals surface area contributed by atoms with Crippen molar-refractivity contribution in [3.05, 3.63) is 54.1 Å². The van der Waals surface area contributed by atoms with Gasteiger partial charge in [-0.15, -0.1) is 0 Å². The zero-order valence-corrected chi connectivity index (χ0v) is 13.5. The Bertz CT molecular complexity index is 673. The molecule has 1 aliphatic heterocycles. The van der Waals surface area contributed by atoms with Gasteiger partial charge in [-0.25, -0.2) is 0 Å². The fourth-order valence-corrected chi connectivity index (χ4v) is 4.26. The standard InChI is InChI=1S/C20H24N2/c1-15-9-3-6-12-18(15)22-16(2)21(17-10-4-5-11-17)19-13-7-8-14-20(19)22/h3,6-9,12-14,16-17H,4-5,10-11H2,1-2H3/t16-/m0/s1. The van der Waals surface area contributed by atoms with Gasteiger partial charge in [-0.3, -0.25) is 0 Å². The number of rotatable bonds is 2. The molecule has 2 aromatic carbocycles. The zero-order chi connectivity index (χ0) is 15.1. The molecule has 114 valence electrons. The quantitative estimate of drug-likeness (QED) is 0.746. The molecule has 0 aromatic heterocycles. The van der Waals surface area contributed by atoms with Crippen LogP contribution in [0.3, 0.4) is 0 Å². The van der Waals surface area contributed by atoms with Crippen molar-refractivity contribution in [1.82, 2.24) is 0 Å². The van der Waals surface area contributed by atoms with Crippen LogP contribution in [0.15, 0.2) is 48.5 Å². The number of benzene rings is 2. The summed E-state index contributed by atoms with van der Waals surface area (Å²) in [5.74, 6) is 0. The van der Waals surface area contributed by atoms with E-state index in [-0.39, 0.29) is 0 Å². The van der Waals surface area contributed by atoms with Crippen LogP contribution in [0.5, 0.6) is 0 Å². The fourth-order valence-electron chi connectivity index (χ4n) is 4.26. The van der Waals surface area contributed by atoms with Crippen LogP contribution in [0, 0.1) is 6.92 Å². The number of aryl methyl sites for hydroxylation is 1. The molecule has 1 heterocycles. The van der Waals surface area contributed by atoms with Crippen molar-refractivity contribution in [3.8, 4) is 0 Å². The van der Waals surface area contributed by atoms with Gasteiger partial charge in [0.05, 0.1) is 11.4 Å². The molecule has 1 aliphatic carbocycles. The molecule has 0 amide bonds. The number of fused-ring (bicyclic) bond motifs is 1. The molecule has 22 heavy (non-hydrogen) atoms. The molecule has 0 saturated heterocycles. The summed E-state index contributed by atoms with van der Waals surface area (Å²) in [6.07, 6.45) is 5.81. The molecule has 2 aliphatic rings. The van der Waals surface area contributed by atoms with Crippen LogP contribution in [0.25, 0.3) is 0 Å². The molecule has 1 saturated carbocycles. The van der Waals surface area contributed by atoms with E-state index < -0.39 is 0 Å². The van der Waals surface area contributed by atoms with Gasteiger partial charge in [0.2, 0.25) is 0 Å². The molecule has 0 bridgehead atoms. The third kappa shape index (κ3) is 2.01. The molecule has 0 N–H and O–H groups in total. The van der Waals surface area contributed by atoms with Crippen LogP contribution in [0.4, 0.5) is 17.1 Å². The first-order valence-corrected chi connectivity index (χ1v) is 8.49. The van der Waals surface area contributed by atoms with E-state index in [9.17, 15) is 0 Å². The zero-order valence-electron chi connectivity index (χ0n) is 13.5. The van der Waals surface area contributed by atoms with Crippen molar-refractivity contribution in [3.63, 3.8) is 0 Å². The third-order valence-electron chi connectivity index (χ3n) is 5.29.